The van der Waals surface area contributed by atoms with Crippen molar-refractivity contribution in [3.63, 3.8) is 0 Å². The summed E-state index contributed by atoms with van der Waals surface area (Å²) in [5, 5.41) is 9.39. The maximum Gasteiger partial charge on any atom is 0.0562 e. The van der Waals surface area contributed by atoms with Crippen molar-refractivity contribution < 1.29 is 5.11 Å². The first-order valence-corrected chi connectivity index (χ1v) is 5.85. The van der Waals surface area contributed by atoms with Crippen LogP contribution in [0.4, 0.5) is 0 Å². The minimum absolute atomic E-state index is 0.00199. The van der Waals surface area contributed by atoms with Crippen LogP contribution in [0.2, 0.25) is 0 Å². The summed E-state index contributed by atoms with van der Waals surface area (Å²) in [7, 11) is 0. The molecule has 0 aromatic carbocycles. The molecule has 2 aliphatic heterocycles. The molecule has 0 bridgehead atoms. The molecule has 10 heavy (non-hydrogen) atoms. The first kappa shape index (κ1) is 7.32. The van der Waals surface area contributed by atoms with E-state index in [4.69, 9.17) is 0 Å². The lowest BCUT2D eigenvalue weighted by molar-refractivity contribution is 0.146. The Kier molecular flexibility index (Phi) is 1.91. The molecular weight excluding hydrogens is 164 g/mol. The van der Waals surface area contributed by atoms with E-state index in [9.17, 15) is 5.11 Å². The predicted octanol–water partition coefficient (Wildman–Crippen LogP) is 1.36. The second-order valence-electron chi connectivity index (χ2n) is 3.17. The maximum absolute atomic E-state index is 9.39. The molecule has 2 saturated heterocycles. The Labute approximate surface area is 70.0 Å². The molecule has 1 atom stereocenters. The molecule has 2 aliphatic rings. The van der Waals surface area contributed by atoms with Crippen LogP contribution >= 0.6 is 23.5 Å². The van der Waals surface area contributed by atoms with Gasteiger partial charge in [0, 0.05) is 16.3 Å². The summed E-state index contributed by atoms with van der Waals surface area (Å²) in [5.41, 5.74) is 0. The van der Waals surface area contributed by atoms with Gasteiger partial charge in [0.1, 0.15) is 0 Å². The van der Waals surface area contributed by atoms with E-state index >= 15 is 0 Å². The van der Waals surface area contributed by atoms with Gasteiger partial charge in [-0.05, 0) is 18.6 Å². The smallest absolute Gasteiger partial charge is 0.0562 e. The number of hydrogen-bond acceptors (Lipinski definition) is 3. The van der Waals surface area contributed by atoms with E-state index in [1.807, 2.05) is 11.8 Å². The Morgan fingerprint density at radius 3 is 2.60 bits per heavy atom. The van der Waals surface area contributed by atoms with Gasteiger partial charge in [0.25, 0.3) is 0 Å². The highest BCUT2D eigenvalue weighted by atomic mass is 32.2. The second kappa shape index (κ2) is 2.61. The van der Waals surface area contributed by atoms with Gasteiger partial charge in [-0.3, -0.25) is 0 Å². The van der Waals surface area contributed by atoms with Gasteiger partial charge in [0.15, 0.2) is 0 Å². The number of thioether (sulfide) groups is 2. The minimum atomic E-state index is 0.00199. The van der Waals surface area contributed by atoms with Crippen molar-refractivity contribution in [2.75, 3.05) is 17.3 Å². The van der Waals surface area contributed by atoms with Crippen LogP contribution in [0.5, 0.6) is 0 Å². The lowest BCUT2D eigenvalue weighted by Gasteiger charge is -2.44. The van der Waals surface area contributed by atoms with Gasteiger partial charge in [-0.15, -0.1) is 0 Å². The number of hydrogen-bond donors (Lipinski definition) is 1. The van der Waals surface area contributed by atoms with Crippen LogP contribution in [0.1, 0.15) is 12.8 Å². The highest BCUT2D eigenvalue weighted by Gasteiger charge is 2.42. The average Bonchev–Trinajstić information content (AvgIpc) is 1.85. The van der Waals surface area contributed by atoms with Gasteiger partial charge >= 0.3 is 0 Å². The summed E-state index contributed by atoms with van der Waals surface area (Å²) in [6.07, 6.45) is 2.06. The van der Waals surface area contributed by atoms with Gasteiger partial charge in [0.05, 0.1) is 6.10 Å². The molecule has 0 aromatic heterocycles. The van der Waals surface area contributed by atoms with E-state index in [1.165, 1.54) is 17.3 Å². The van der Waals surface area contributed by atoms with Crippen LogP contribution in [0.25, 0.3) is 0 Å². The lowest BCUT2D eigenvalue weighted by Crippen LogP contribution is -2.45. The molecule has 1 nitrogen and oxygen atoms in total. The maximum atomic E-state index is 9.39. The van der Waals surface area contributed by atoms with Gasteiger partial charge in [-0.1, -0.05) is 0 Å². The fraction of sp³-hybridized carbons (Fsp3) is 1.00. The Balaban J connectivity index is 1.96. The summed E-state index contributed by atoms with van der Waals surface area (Å²) in [6, 6.07) is 0. The minimum Gasteiger partial charge on any atom is -0.393 e. The van der Waals surface area contributed by atoms with E-state index in [1.54, 1.807) is 0 Å². The van der Waals surface area contributed by atoms with E-state index in [0.29, 0.717) is 4.75 Å². The first-order chi connectivity index (χ1) is 4.81. The molecule has 2 fully saturated rings. The molecule has 0 radical (unpaired) electrons. The summed E-state index contributed by atoms with van der Waals surface area (Å²) >= 11 is 4.09. The number of rotatable bonds is 0. The average molecular weight is 176 g/mol. The molecular formula is C7H12OS2. The van der Waals surface area contributed by atoms with Crippen molar-refractivity contribution in [3.05, 3.63) is 0 Å². The van der Waals surface area contributed by atoms with Gasteiger partial charge < -0.3 is 5.11 Å². The van der Waals surface area contributed by atoms with E-state index in [0.717, 1.165) is 12.8 Å². The topological polar surface area (TPSA) is 20.2 Å². The molecule has 2 rings (SSSR count). The van der Waals surface area contributed by atoms with Gasteiger partial charge in [-0.25, -0.2) is 0 Å². The molecule has 0 amide bonds. The van der Waals surface area contributed by atoms with E-state index in [-0.39, 0.29) is 6.10 Å². The monoisotopic (exact) mass is 176 g/mol. The molecule has 3 heteroatoms. The van der Waals surface area contributed by atoms with Crippen LogP contribution in [-0.2, 0) is 0 Å². The zero-order valence-electron chi connectivity index (χ0n) is 5.88. The molecule has 0 saturated carbocycles. The predicted molar refractivity (Wildman–Crippen MR) is 47.8 cm³/mol. The molecule has 0 aliphatic carbocycles. The summed E-state index contributed by atoms with van der Waals surface area (Å²) in [5.74, 6) is 3.71. The van der Waals surface area contributed by atoms with Crippen LogP contribution in [-0.4, -0.2) is 33.2 Å². The standard InChI is InChI=1S/C7H12OS2/c8-6-1-2-10-7(3-6)4-9-5-7/h6,8H,1-5H2. The zero-order valence-corrected chi connectivity index (χ0v) is 7.51. The third-order valence-corrected chi connectivity index (χ3v) is 5.58. The van der Waals surface area contributed by atoms with Crippen LogP contribution in [0, 0.1) is 0 Å². The van der Waals surface area contributed by atoms with Crippen molar-refractivity contribution in [1.82, 2.24) is 0 Å². The summed E-state index contributed by atoms with van der Waals surface area (Å²) in [6.45, 7) is 0. The van der Waals surface area contributed by atoms with Crippen molar-refractivity contribution in [2.24, 2.45) is 0 Å². The van der Waals surface area contributed by atoms with Crippen LogP contribution in [0.15, 0.2) is 0 Å². The molecule has 2 heterocycles. The SMILES string of the molecule is OC1CCSC2(CSC2)C1. The van der Waals surface area contributed by atoms with E-state index in [2.05, 4.69) is 11.8 Å². The Bertz CT molecular complexity index is 134. The molecule has 1 unspecified atom stereocenters. The zero-order chi connectivity index (χ0) is 7.03. The Morgan fingerprint density at radius 2 is 2.20 bits per heavy atom. The van der Waals surface area contributed by atoms with E-state index < -0.39 is 0 Å². The summed E-state index contributed by atoms with van der Waals surface area (Å²) < 4.78 is 0.502. The van der Waals surface area contributed by atoms with Crippen molar-refractivity contribution in [2.45, 2.75) is 23.7 Å². The highest BCUT2D eigenvalue weighted by Crippen LogP contribution is 2.47. The lowest BCUT2D eigenvalue weighted by atomic mass is 10.0. The third kappa shape index (κ3) is 1.19. The number of aliphatic hydroxyl groups is 1. The molecule has 58 valence electrons. The third-order valence-electron chi connectivity index (χ3n) is 2.20. The largest absolute Gasteiger partial charge is 0.393 e. The van der Waals surface area contributed by atoms with Gasteiger partial charge in [-0.2, -0.15) is 23.5 Å². The quantitative estimate of drug-likeness (QED) is 0.602. The number of aliphatic hydroxyl groups excluding tert-OH is 1. The van der Waals surface area contributed by atoms with Crippen molar-refractivity contribution in [3.8, 4) is 0 Å². The van der Waals surface area contributed by atoms with Gasteiger partial charge in [0.2, 0.25) is 0 Å². The van der Waals surface area contributed by atoms with Crippen molar-refractivity contribution >= 4 is 23.5 Å². The fourth-order valence-electron chi connectivity index (χ4n) is 1.53. The molecule has 1 spiro atoms. The molecule has 1 N–H and O–H groups in total. The molecule has 0 aromatic rings. The first-order valence-electron chi connectivity index (χ1n) is 3.71. The second-order valence-corrected chi connectivity index (χ2v) is 5.72. The highest BCUT2D eigenvalue weighted by molar-refractivity contribution is 8.08. The Hall–Kier alpha value is 0.660. The van der Waals surface area contributed by atoms with Crippen LogP contribution < -0.4 is 0 Å². The van der Waals surface area contributed by atoms with Crippen molar-refractivity contribution in [1.29, 1.82) is 0 Å². The fourth-order valence-corrected chi connectivity index (χ4v) is 4.73. The van der Waals surface area contributed by atoms with Crippen LogP contribution in [0.3, 0.4) is 0 Å². The normalized spacial score (nSPS) is 37.5. The Morgan fingerprint density at radius 1 is 1.40 bits per heavy atom. The summed E-state index contributed by atoms with van der Waals surface area (Å²) in [4.78, 5) is 0.